The molecule has 2 aromatic heterocycles. The second-order valence-electron chi connectivity index (χ2n) is 9.87. The Morgan fingerprint density at radius 2 is 1.74 bits per heavy atom. The Kier molecular flexibility index (Phi) is 5.79. The average Bonchev–Trinajstić information content (AvgIpc) is 3.41. The minimum atomic E-state index is -0.552. The Hall–Kier alpha value is -3.39. The van der Waals surface area contributed by atoms with Gasteiger partial charge in [0.15, 0.2) is 0 Å². The maximum absolute atomic E-state index is 13.3. The van der Waals surface area contributed by atoms with Crippen molar-refractivity contribution in [3.05, 3.63) is 70.8 Å². The van der Waals surface area contributed by atoms with E-state index in [-0.39, 0.29) is 17.9 Å². The quantitative estimate of drug-likeness (QED) is 0.540. The van der Waals surface area contributed by atoms with Gasteiger partial charge in [-0.25, -0.2) is 0 Å². The Bertz CT molecular complexity index is 1290. The lowest BCUT2D eigenvalue weighted by Gasteiger charge is -2.37. The van der Waals surface area contributed by atoms with Crippen LogP contribution in [0.15, 0.2) is 49.1 Å². The van der Waals surface area contributed by atoms with Crippen LogP contribution in [0.5, 0.6) is 0 Å². The number of piperazine rings is 1. The molecule has 0 unspecified atom stereocenters. The van der Waals surface area contributed by atoms with E-state index in [0.29, 0.717) is 42.3 Å². The van der Waals surface area contributed by atoms with Crippen LogP contribution in [0.25, 0.3) is 0 Å². The summed E-state index contributed by atoms with van der Waals surface area (Å²) in [7, 11) is 0. The number of hydrogen-bond acceptors (Lipinski definition) is 5. The van der Waals surface area contributed by atoms with Gasteiger partial charge in [0, 0.05) is 49.0 Å². The largest absolute Gasteiger partial charge is 0.367 e. The van der Waals surface area contributed by atoms with E-state index in [4.69, 9.17) is 11.6 Å². The molecule has 8 nitrogen and oxygen atoms in total. The number of rotatable bonds is 4. The highest BCUT2D eigenvalue weighted by molar-refractivity contribution is 6.31. The van der Waals surface area contributed by atoms with Crippen molar-refractivity contribution >= 4 is 34.8 Å². The van der Waals surface area contributed by atoms with Gasteiger partial charge in [-0.2, -0.15) is 5.10 Å². The van der Waals surface area contributed by atoms with Crippen molar-refractivity contribution in [3.63, 3.8) is 0 Å². The van der Waals surface area contributed by atoms with Crippen molar-refractivity contribution in [3.8, 4) is 0 Å². The topological polar surface area (TPSA) is 74.6 Å². The summed E-state index contributed by atoms with van der Waals surface area (Å²) in [5, 5.41) is 4.90. The van der Waals surface area contributed by atoms with E-state index in [1.807, 2.05) is 57.1 Å². The highest BCUT2D eigenvalue weighted by Gasteiger charge is 2.44. The standard InChI is InChI=1S/C26H29ClN6O2/c1-17(2)32-16-18(13-29-32)24(34)31-9-7-30(8-10-31)20-12-21(15-28-14-20)33-25(35)22-6-5-19(27)11-23(22)26(33,3)4/h5-6,11-17H,7-10H2,1-4H3. The maximum Gasteiger partial charge on any atom is 0.259 e. The molecule has 0 N–H and O–H groups in total. The maximum atomic E-state index is 13.3. The summed E-state index contributed by atoms with van der Waals surface area (Å²) in [6.07, 6.45) is 6.99. The Labute approximate surface area is 210 Å². The average molecular weight is 493 g/mol. The summed E-state index contributed by atoms with van der Waals surface area (Å²) >= 11 is 6.23. The van der Waals surface area contributed by atoms with Gasteiger partial charge < -0.3 is 9.80 Å². The number of fused-ring (bicyclic) bond motifs is 1. The number of nitrogens with zero attached hydrogens (tertiary/aromatic N) is 6. The van der Waals surface area contributed by atoms with Gasteiger partial charge >= 0.3 is 0 Å². The normalized spacial score (nSPS) is 17.3. The molecule has 9 heteroatoms. The number of anilines is 2. The van der Waals surface area contributed by atoms with Crippen molar-refractivity contribution in [1.29, 1.82) is 0 Å². The number of carbonyl (C=O) groups excluding carboxylic acids is 2. The summed E-state index contributed by atoms with van der Waals surface area (Å²) in [6, 6.07) is 7.63. The molecule has 0 saturated carbocycles. The number of hydrogen-bond donors (Lipinski definition) is 0. The molecule has 0 atom stereocenters. The SMILES string of the molecule is CC(C)n1cc(C(=O)N2CCN(c3cncc(N4C(=O)c5ccc(Cl)cc5C4(C)C)c3)CC2)cn1. The summed E-state index contributed by atoms with van der Waals surface area (Å²) in [5.74, 6) is -0.0535. The molecule has 1 aromatic carbocycles. The van der Waals surface area contributed by atoms with Crippen LogP contribution in [0.4, 0.5) is 11.4 Å². The molecule has 182 valence electrons. The van der Waals surface area contributed by atoms with Crippen molar-refractivity contribution in [2.24, 2.45) is 0 Å². The predicted molar refractivity (Wildman–Crippen MR) is 136 cm³/mol. The zero-order chi connectivity index (χ0) is 24.9. The first kappa shape index (κ1) is 23.4. The van der Waals surface area contributed by atoms with Gasteiger partial charge in [0.25, 0.3) is 11.8 Å². The van der Waals surface area contributed by atoms with Gasteiger partial charge in [-0.05, 0) is 57.5 Å². The number of halogens is 1. The molecule has 1 saturated heterocycles. The highest BCUT2D eigenvalue weighted by Crippen LogP contribution is 2.43. The molecule has 5 rings (SSSR count). The number of pyridine rings is 1. The molecular weight excluding hydrogens is 464 g/mol. The minimum Gasteiger partial charge on any atom is -0.367 e. The fourth-order valence-corrected chi connectivity index (χ4v) is 5.11. The molecule has 0 aliphatic carbocycles. The van der Waals surface area contributed by atoms with Gasteiger partial charge in [0.2, 0.25) is 0 Å². The number of benzene rings is 1. The molecule has 2 amide bonds. The third-order valence-corrected chi connectivity index (χ3v) is 7.15. The Balaban J connectivity index is 1.31. The predicted octanol–water partition coefficient (Wildman–Crippen LogP) is 4.37. The second-order valence-corrected chi connectivity index (χ2v) is 10.3. The first-order valence-electron chi connectivity index (χ1n) is 11.8. The van der Waals surface area contributed by atoms with E-state index in [9.17, 15) is 9.59 Å². The second kappa shape index (κ2) is 8.68. The lowest BCUT2D eigenvalue weighted by atomic mass is 9.93. The smallest absolute Gasteiger partial charge is 0.259 e. The molecule has 2 aliphatic heterocycles. The van der Waals surface area contributed by atoms with Gasteiger partial charge in [-0.3, -0.25) is 24.2 Å². The van der Waals surface area contributed by atoms with E-state index in [1.54, 1.807) is 34.1 Å². The molecule has 0 bridgehead atoms. The minimum absolute atomic E-state index is 0.00395. The van der Waals surface area contributed by atoms with E-state index in [0.717, 1.165) is 16.9 Å². The van der Waals surface area contributed by atoms with Crippen molar-refractivity contribution < 1.29 is 9.59 Å². The fourth-order valence-electron chi connectivity index (χ4n) is 4.94. The molecule has 2 aliphatic rings. The third kappa shape index (κ3) is 4.05. The van der Waals surface area contributed by atoms with Crippen molar-refractivity contribution in [1.82, 2.24) is 19.7 Å². The summed E-state index contributed by atoms with van der Waals surface area (Å²) < 4.78 is 1.80. The molecule has 4 heterocycles. The van der Waals surface area contributed by atoms with Crippen LogP contribution in [0.3, 0.4) is 0 Å². The Morgan fingerprint density at radius 1 is 1.03 bits per heavy atom. The van der Waals surface area contributed by atoms with Crippen LogP contribution in [-0.2, 0) is 5.54 Å². The Morgan fingerprint density at radius 3 is 2.43 bits per heavy atom. The lowest BCUT2D eigenvalue weighted by molar-refractivity contribution is 0.0746. The molecule has 1 fully saturated rings. The van der Waals surface area contributed by atoms with Gasteiger partial charge in [-0.1, -0.05) is 11.6 Å². The van der Waals surface area contributed by atoms with Crippen LogP contribution in [0.2, 0.25) is 5.02 Å². The zero-order valence-corrected chi connectivity index (χ0v) is 21.2. The van der Waals surface area contributed by atoms with Gasteiger partial charge in [0.05, 0.1) is 41.1 Å². The fraction of sp³-hybridized carbons (Fsp3) is 0.385. The molecule has 0 spiro atoms. The summed E-state index contributed by atoms with van der Waals surface area (Å²) in [4.78, 5) is 36.5. The van der Waals surface area contributed by atoms with Crippen LogP contribution >= 0.6 is 11.6 Å². The van der Waals surface area contributed by atoms with E-state index >= 15 is 0 Å². The van der Waals surface area contributed by atoms with Gasteiger partial charge in [-0.15, -0.1) is 0 Å². The van der Waals surface area contributed by atoms with E-state index < -0.39 is 5.54 Å². The van der Waals surface area contributed by atoms with Crippen molar-refractivity contribution in [2.45, 2.75) is 39.3 Å². The lowest BCUT2D eigenvalue weighted by Crippen LogP contribution is -2.48. The van der Waals surface area contributed by atoms with Crippen LogP contribution < -0.4 is 9.80 Å². The van der Waals surface area contributed by atoms with Crippen LogP contribution in [0, 0.1) is 0 Å². The summed E-state index contributed by atoms with van der Waals surface area (Å²) in [6.45, 7) is 10.7. The van der Waals surface area contributed by atoms with Gasteiger partial charge in [0.1, 0.15) is 0 Å². The number of amides is 2. The first-order valence-corrected chi connectivity index (χ1v) is 12.2. The number of aromatic nitrogens is 3. The van der Waals surface area contributed by atoms with Crippen molar-refractivity contribution in [2.75, 3.05) is 36.0 Å². The molecule has 35 heavy (non-hydrogen) atoms. The van der Waals surface area contributed by atoms with E-state index in [1.165, 1.54) is 0 Å². The zero-order valence-electron chi connectivity index (χ0n) is 20.4. The highest BCUT2D eigenvalue weighted by atomic mass is 35.5. The number of carbonyl (C=O) groups is 2. The summed E-state index contributed by atoms with van der Waals surface area (Å²) in [5.41, 5.74) is 3.31. The van der Waals surface area contributed by atoms with Crippen LogP contribution in [-0.4, -0.2) is 57.7 Å². The molecule has 0 radical (unpaired) electrons. The van der Waals surface area contributed by atoms with E-state index in [2.05, 4.69) is 15.0 Å². The monoisotopic (exact) mass is 492 g/mol. The third-order valence-electron chi connectivity index (χ3n) is 6.91. The molecule has 3 aromatic rings. The molecular formula is C26H29ClN6O2. The van der Waals surface area contributed by atoms with Crippen LogP contribution in [0.1, 0.15) is 60.0 Å². The first-order chi connectivity index (χ1) is 16.7.